The quantitative estimate of drug-likeness (QED) is 0.647. The van der Waals surface area contributed by atoms with Gasteiger partial charge in [-0.25, -0.2) is 4.39 Å². The van der Waals surface area contributed by atoms with Crippen LogP contribution in [0, 0.1) is 10.6 Å². The van der Waals surface area contributed by atoms with Crippen LogP contribution in [0.2, 0.25) is 5.02 Å². The van der Waals surface area contributed by atoms with E-state index in [-0.39, 0.29) is 23.3 Å². The van der Waals surface area contributed by atoms with Gasteiger partial charge in [-0.05, 0) is 24.7 Å². The first-order valence-corrected chi connectivity index (χ1v) is 7.08. The third kappa shape index (κ3) is 2.16. The summed E-state index contributed by atoms with van der Waals surface area (Å²) in [6.07, 6.45) is 0.588. The smallest absolute Gasteiger partial charge is 0.252 e. The van der Waals surface area contributed by atoms with E-state index in [2.05, 4.69) is 4.98 Å². The van der Waals surface area contributed by atoms with Crippen molar-refractivity contribution < 1.29 is 14.0 Å². The zero-order valence-corrected chi connectivity index (χ0v) is 12.6. The first-order chi connectivity index (χ1) is 9.90. The summed E-state index contributed by atoms with van der Waals surface area (Å²) in [6.45, 7) is 0. The molecule has 0 saturated carbocycles. The van der Waals surface area contributed by atoms with Crippen LogP contribution in [-0.2, 0) is 9.59 Å². The lowest BCUT2D eigenvalue weighted by atomic mass is 10.0. The molecule has 1 aliphatic heterocycles. The molecule has 1 unspecified atom stereocenters. The number of benzene rings is 1. The number of piperidine rings is 1. The van der Waals surface area contributed by atoms with Gasteiger partial charge in [-0.15, -0.1) is 0 Å². The van der Waals surface area contributed by atoms with Gasteiger partial charge in [0, 0.05) is 19.5 Å². The van der Waals surface area contributed by atoms with Gasteiger partial charge >= 0.3 is 0 Å². The van der Waals surface area contributed by atoms with Crippen molar-refractivity contribution in [2.45, 2.75) is 18.9 Å². The van der Waals surface area contributed by atoms with E-state index >= 15 is 0 Å². The fraction of sp³-hybridized carbons (Fsp3) is 0.308. The summed E-state index contributed by atoms with van der Waals surface area (Å²) in [5, 5.41) is -0.0202. The third-order valence-electron chi connectivity index (χ3n) is 3.69. The number of nitrogens with one attached hydrogen (secondary N) is 1. The SMILES string of the molecule is CN1C(=O)CCC(n2c(=S)[nH]c3cc(Cl)c(F)cc32)C1=O. The summed E-state index contributed by atoms with van der Waals surface area (Å²) >= 11 is 11.0. The van der Waals surface area contributed by atoms with Gasteiger partial charge in [-0.1, -0.05) is 11.6 Å². The molecule has 8 heteroatoms. The lowest BCUT2D eigenvalue weighted by molar-refractivity contribution is -0.149. The molecule has 21 heavy (non-hydrogen) atoms. The number of imide groups is 1. The minimum absolute atomic E-state index is 0.0202. The molecule has 0 bridgehead atoms. The van der Waals surface area contributed by atoms with Gasteiger partial charge in [-0.2, -0.15) is 0 Å². The highest BCUT2D eigenvalue weighted by Crippen LogP contribution is 2.30. The maximum Gasteiger partial charge on any atom is 0.252 e. The Morgan fingerprint density at radius 3 is 2.86 bits per heavy atom. The molecule has 1 aromatic heterocycles. The number of aromatic nitrogens is 2. The highest BCUT2D eigenvalue weighted by atomic mass is 35.5. The van der Waals surface area contributed by atoms with Crippen molar-refractivity contribution in [2.24, 2.45) is 0 Å². The fourth-order valence-corrected chi connectivity index (χ4v) is 3.07. The molecular weight excluding hydrogens is 317 g/mol. The number of amides is 2. The number of likely N-dealkylation sites (N-methyl/N-ethyl adjacent to an activating group) is 1. The van der Waals surface area contributed by atoms with Crippen LogP contribution >= 0.6 is 23.8 Å². The number of fused-ring (bicyclic) bond motifs is 1. The third-order valence-corrected chi connectivity index (χ3v) is 4.28. The largest absolute Gasteiger partial charge is 0.331 e. The first-order valence-electron chi connectivity index (χ1n) is 6.30. The molecule has 1 atom stereocenters. The average Bonchev–Trinajstić information content (AvgIpc) is 2.73. The number of hydrogen-bond donors (Lipinski definition) is 1. The second kappa shape index (κ2) is 4.92. The van der Waals surface area contributed by atoms with Crippen molar-refractivity contribution in [2.75, 3.05) is 7.05 Å². The number of hydrogen-bond acceptors (Lipinski definition) is 3. The molecule has 1 aliphatic rings. The Labute approximate surface area is 129 Å². The van der Waals surface area contributed by atoms with Gasteiger partial charge < -0.3 is 9.55 Å². The van der Waals surface area contributed by atoms with Crippen molar-refractivity contribution in [3.8, 4) is 0 Å². The van der Waals surface area contributed by atoms with Crippen LogP contribution in [0.1, 0.15) is 18.9 Å². The summed E-state index contributed by atoms with van der Waals surface area (Å²) in [4.78, 5) is 27.8. The van der Waals surface area contributed by atoms with Crippen molar-refractivity contribution in [1.82, 2.24) is 14.5 Å². The number of imidazole rings is 1. The van der Waals surface area contributed by atoms with E-state index in [1.54, 1.807) is 4.57 Å². The van der Waals surface area contributed by atoms with E-state index in [1.807, 2.05) is 0 Å². The lowest BCUT2D eigenvalue weighted by Gasteiger charge is -2.28. The summed E-state index contributed by atoms with van der Waals surface area (Å²) in [5.74, 6) is -1.16. The molecule has 1 N–H and O–H groups in total. The van der Waals surface area contributed by atoms with E-state index in [0.717, 1.165) is 4.90 Å². The fourth-order valence-electron chi connectivity index (χ4n) is 2.57. The number of carbonyl (C=O) groups is 2. The Bertz CT molecular complexity index is 829. The Morgan fingerprint density at radius 2 is 2.14 bits per heavy atom. The zero-order valence-electron chi connectivity index (χ0n) is 11.0. The molecule has 1 fully saturated rings. The Balaban J connectivity index is 2.19. The molecule has 5 nitrogen and oxygen atoms in total. The maximum absolute atomic E-state index is 13.7. The van der Waals surface area contributed by atoms with Gasteiger partial charge in [0.15, 0.2) is 4.77 Å². The molecule has 2 heterocycles. The number of likely N-dealkylation sites (tertiary alicyclic amines) is 1. The van der Waals surface area contributed by atoms with Gasteiger partial charge in [0.1, 0.15) is 11.9 Å². The molecule has 2 amide bonds. The Morgan fingerprint density at radius 1 is 1.43 bits per heavy atom. The van der Waals surface area contributed by atoms with Crippen LogP contribution in [0.25, 0.3) is 11.0 Å². The van der Waals surface area contributed by atoms with Crippen LogP contribution in [0.5, 0.6) is 0 Å². The summed E-state index contributed by atoms with van der Waals surface area (Å²) in [6, 6.07) is 2.06. The van der Waals surface area contributed by atoms with E-state index in [9.17, 15) is 14.0 Å². The molecule has 1 aromatic carbocycles. The standard InChI is InChI=1S/C13H11ClFN3O2S/c1-17-11(19)3-2-9(12(17)20)18-10-5-7(15)6(14)4-8(10)16-13(18)21/h4-5,9H,2-3H2,1H3,(H,16,21). The van der Waals surface area contributed by atoms with E-state index in [4.69, 9.17) is 23.8 Å². The molecule has 0 spiro atoms. The Hall–Kier alpha value is -1.73. The van der Waals surface area contributed by atoms with Gasteiger partial charge in [-0.3, -0.25) is 14.5 Å². The number of nitrogens with zero attached hydrogens (tertiary/aromatic N) is 2. The molecule has 2 aromatic rings. The Kier molecular flexibility index (Phi) is 3.33. The topological polar surface area (TPSA) is 58.1 Å². The van der Waals surface area contributed by atoms with Crippen LogP contribution < -0.4 is 0 Å². The highest BCUT2D eigenvalue weighted by Gasteiger charge is 2.34. The second-order valence-corrected chi connectivity index (χ2v) is 5.72. The van der Waals surface area contributed by atoms with Crippen LogP contribution in [-0.4, -0.2) is 33.3 Å². The minimum Gasteiger partial charge on any atom is -0.331 e. The van der Waals surface area contributed by atoms with Crippen molar-refractivity contribution >= 4 is 46.7 Å². The minimum atomic E-state index is -0.616. The summed E-state index contributed by atoms with van der Waals surface area (Å²) in [7, 11) is 1.44. The molecule has 0 radical (unpaired) electrons. The number of carbonyl (C=O) groups excluding carboxylic acids is 2. The van der Waals surface area contributed by atoms with Gasteiger partial charge in [0.05, 0.1) is 16.1 Å². The second-order valence-electron chi connectivity index (χ2n) is 4.93. The van der Waals surface area contributed by atoms with E-state index < -0.39 is 11.9 Å². The maximum atomic E-state index is 13.7. The van der Waals surface area contributed by atoms with Crippen molar-refractivity contribution in [1.29, 1.82) is 0 Å². The van der Waals surface area contributed by atoms with Crippen LogP contribution in [0.4, 0.5) is 4.39 Å². The molecule has 3 rings (SSSR count). The van der Waals surface area contributed by atoms with E-state index in [0.29, 0.717) is 22.2 Å². The average molecular weight is 328 g/mol. The van der Waals surface area contributed by atoms with Crippen molar-refractivity contribution in [3.05, 3.63) is 27.7 Å². The molecule has 1 saturated heterocycles. The summed E-state index contributed by atoms with van der Waals surface area (Å²) < 4.78 is 15.5. The summed E-state index contributed by atoms with van der Waals surface area (Å²) in [5.41, 5.74) is 1.02. The number of halogens is 2. The van der Waals surface area contributed by atoms with Crippen LogP contribution in [0.3, 0.4) is 0 Å². The molecule has 110 valence electrons. The monoisotopic (exact) mass is 327 g/mol. The normalized spacial score (nSPS) is 19.6. The molecule has 0 aliphatic carbocycles. The molecular formula is C13H11ClFN3O2S. The highest BCUT2D eigenvalue weighted by molar-refractivity contribution is 7.71. The zero-order chi connectivity index (χ0) is 15.3. The predicted molar refractivity (Wildman–Crippen MR) is 78.1 cm³/mol. The number of H-pyrrole nitrogens is 1. The van der Waals surface area contributed by atoms with E-state index in [1.165, 1.54) is 19.2 Å². The van der Waals surface area contributed by atoms with Gasteiger partial charge in [0.2, 0.25) is 5.91 Å². The first kappa shape index (κ1) is 14.2. The predicted octanol–water partition coefficient (Wildman–Crippen LogP) is 2.81. The van der Waals surface area contributed by atoms with Crippen LogP contribution in [0.15, 0.2) is 12.1 Å². The number of aromatic amines is 1. The number of rotatable bonds is 1. The lowest BCUT2D eigenvalue weighted by Crippen LogP contribution is -2.43. The van der Waals surface area contributed by atoms with Crippen molar-refractivity contribution in [3.63, 3.8) is 0 Å². The van der Waals surface area contributed by atoms with Gasteiger partial charge in [0.25, 0.3) is 5.91 Å².